The minimum atomic E-state index is -2.37. The number of fused-ring (bicyclic) bond motifs is 1. The lowest BCUT2D eigenvalue weighted by atomic mass is 9.74. The molecule has 1 aromatic carbocycles. The first-order chi connectivity index (χ1) is 12.3. The van der Waals surface area contributed by atoms with Gasteiger partial charge in [-0.15, -0.1) is 0 Å². The zero-order valence-corrected chi connectivity index (χ0v) is 15.2. The number of pyridine rings is 1. The third kappa shape index (κ3) is 3.18. The second-order valence-electron chi connectivity index (χ2n) is 6.29. The molecule has 1 heterocycles. The number of halogens is 3. The number of alkyl halides is 1. The molecule has 0 radical (unpaired) electrons. The molecule has 0 bridgehead atoms. The highest BCUT2D eigenvalue weighted by Crippen LogP contribution is 2.45. The van der Waals surface area contributed by atoms with Crippen LogP contribution in [-0.4, -0.2) is 27.7 Å². The van der Waals surface area contributed by atoms with Crippen LogP contribution in [0.1, 0.15) is 29.7 Å². The van der Waals surface area contributed by atoms with E-state index in [2.05, 4.69) is 10.3 Å². The lowest BCUT2D eigenvalue weighted by Crippen LogP contribution is -2.49. The molecule has 138 valence electrons. The maximum atomic E-state index is 15.6. The first-order valence-corrected chi connectivity index (χ1v) is 8.77. The van der Waals surface area contributed by atoms with Crippen molar-refractivity contribution in [2.24, 2.45) is 0 Å². The minimum absolute atomic E-state index is 0.00373. The summed E-state index contributed by atoms with van der Waals surface area (Å²) >= 11 is 12.0. The van der Waals surface area contributed by atoms with Gasteiger partial charge in [-0.05, 0) is 30.5 Å². The summed E-state index contributed by atoms with van der Waals surface area (Å²) in [6.07, 6.45) is 0.974. The van der Waals surface area contributed by atoms with Gasteiger partial charge < -0.3 is 15.5 Å². The Bertz CT molecular complexity index is 851. The quantitative estimate of drug-likeness (QED) is 0.739. The van der Waals surface area contributed by atoms with E-state index in [1.807, 2.05) is 0 Å². The van der Waals surface area contributed by atoms with Crippen molar-refractivity contribution >= 4 is 29.1 Å². The van der Waals surface area contributed by atoms with Gasteiger partial charge in [0, 0.05) is 18.3 Å². The van der Waals surface area contributed by atoms with Crippen LogP contribution in [0.25, 0.3) is 0 Å². The van der Waals surface area contributed by atoms with Crippen LogP contribution in [0.2, 0.25) is 10.0 Å². The molecule has 0 saturated carbocycles. The molecule has 8 heteroatoms. The lowest BCUT2D eigenvalue weighted by Gasteiger charge is -2.38. The smallest absolute Gasteiger partial charge is 0.262 e. The Morgan fingerprint density at radius 3 is 2.77 bits per heavy atom. The Morgan fingerprint density at radius 2 is 2.04 bits per heavy atom. The summed E-state index contributed by atoms with van der Waals surface area (Å²) < 4.78 is 15.6. The van der Waals surface area contributed by atoms with E-state index in [4.69, 9.17) is 23.2 Å². The fourth-order valence-corrected chi connectivity index (χ4v) is 3.51. The summed E-state index contributed by atoms with van der Waals surface area (Å²) in [6, 6.07) is 7.86. The molecule has 2 unspecified atom stereocenters. The second-order valence-corrected chi connectivity index (χ2v) is 7.07. The number of nitrogens with one attached hydrogen (secondary N) is 1. The van der Waals surface area contributed by atoms with Crippen molar-refractivity contribution in [3.8, 4) is 0 Å². The fraction of sp³-hybridized carbons (Fsp3) is 0.333. The van der Waals surface area contributed by atoms with Gasteiger partial charge in [0.2, 0.25) is 5.67 Å². The Balaban J connectivity index is 1.87. The lowest BCUT2D eigenvalue weighted by molar-refractivity contribution is -0.138. The van der Waals surface area contributed by atoms with Crippen LogP contribution in [0.5, 0.6) is 0 Å². The number of amides is 1. The predicted molar refractivity (Wildman–Crippen MR) is 95.5 cm³/mol. The van der Waals surface area contributed by atoms with Crippen LogP contribution in [0, 0.1) is 0 Å². The summed E-state index contributed by atoms with van der Waals surface area (Å²) in [7, 11) is 0. The molecule has 0 aliphatic heterocycles. The molecule has 3 N–H and O–H groups in total. The number of carbonyl (C=O) groups excluding carboxylic acids is 1. The summed E-state index contributed by atoms with van der Waals surface area (Å²) in [4.78, 5) is 16.6. The largest absolute Gasteiger partial charge is 0.393 e. The van der Waals surface area contributed by atoms with E-state index in [-0.39, 0.29) is 30.6 Å². The van der Waals surface area contributed by atoms with Crippen molar-refractivity contribution in [3.63, 3.8) is 0 Å². The summed E-state index contributed by atoms with van der Waals surface area (Å²) in [5.74, 6) is -0.859. The number of benzene rings is 1. The molecule has 26 heavy (non-hydrogen) atoms. The zero-order chi connectivity index (χ0) is 18.9. The number of rotatable bonds is 4. The SMILES string of the molecule is O=C(NCc1cccc(Cl)c1Cl)C1(F)CCC(O)(CO)c2ncccc21. The molecule has 2 atom stereocenters. The van der Waals surface area contributed by atoms with Crippen molar-refractivity contribution in [1.29, 1.82) is 0 Å². The molecule has 5 nitrogen and oxygen atoms in total. The average Bonchev–Trinajstić information content (AvgIpc) is 2.66. The summed E-state index contributed by atoms with van der Waals surface area (Å²) in [6.45, 7) is -0.601. The molecule has 3 rings (SSSR count). The highest BCUT2D eigenvalue weighted by molar-refractivity contribution is 6.42. The monoisotopic (exact) mass is 398 g/mol. The van der Waals surface area contributed by atoms with Gasteiger partial charge in [-0.2, -0.15) is 0 Å². The van der Waals surface area contributed by atoms with E-state index < -0.39 is 23.8 Å². The van der Waals surface area contributed by atoms with Gasteiger partial charge in [0.15, 0.2) is 0 Å². The Hall–Kier alpha value is -1.73. The molecule has 0 saturated heterocycles. The van der Waals surface area contributed by atoms with E-state index in [9.17, 15) is 15.0 Å². The maximum absolute atomic E-state index is 15.6. The molecule has 0 fully saturated rings. The van der Waals surface area contributed by atoms with Crippen molar-refractivity contribution in [2.45, 2.75) is 30.7 Å². The van der Waals surface area contributed by atoms with Crippen LogP contribution >= 0.6 is 23.2 Å². The van der Waals surface area contributed by atoms with Gasteiger partial charge in [-0.25, -0.2) is 4.39 Å². The molecule has 1 amide bonds. The molecule has 1 aliphatic carbocycles. The molecule has 2 aromatic rings. The van der Waals surface area contributed by atoms with E-state index in [1.54, 1.807) is 18.2 Å². The topological polar surface area (TPSA) is 82.5 Å². The highest BCUT2D eigenvalue weighted by atomic mass is 35.5. The number of nitrogens with zero attached hydrogens (tertiary/aromatic N) is 1. The number of carbonyl (C=O) groups is 1. The third-order valence-corrected chi connectivity index (χ3v) is 5.51. The number of aliphatic hydroxyl groups excluding tert-OH is 1. The number of aromatic nitrogens is 1. The van der Waals surface area contributed by atoms with E-state index in [0.29, 0.717) is 15.6 Å². The molecule has 1 aliphatic rings. The Kier molecular flexibility index (Phi) is 5.21. The van der Waals surface area contributed by atoms with Gasteiger partial charge in [-0.1, -0.05) is 41.4 Å². The molecule has 1 aromatic heterocycles. The fourth-order valence-electron chi connectivity index (χ4n) is 3.12. The van der Waals surface area contributed by atoms with Crippen molar-refractivity contribution in [3.05, 3.63) is 63.4 Å². The average molecular weight is 399 g/mol. The van der Waals surface area contributed by atoms with Crippen LogP contribution in [0.3, 0.4) is 0 Å². The molecule has 0 spiro atoms. The van der Waals surface area contributed by atoms with Crippen LogP contribution < -0.4 is 5.32 Å². The van der Waals surface area contributed by atoms with Crippen LogP contribution in [0.15, 0.2) is 36.5 Å². The van der Waals surface area contributed by atoms with Crippen molar-refractivity contribution < 1.29 is 19.4 Å². The number of hydrogen-bond acceptors (Lipinski definition) is 4. The number of hydrogen-bond donors (Lipinski definition) is 3. The Labute approximate surface area is 159 Å². The molecular weight excluding hydrogens is 382 g/mol. The summed E-state index contributed by atoms with van der Waals surface area (Å²) in [5.41, 5.74) is -3.53. The predicted octanol–water partition coefficient (Wildman–Crippen LogP) is 2.84. The zero-order valence-electron chi connectivity index (χ0n) is 13.7. The van der Waals surface area contributed by atoms with Crippen molar-refractivity contribution in [1.82, 2.24) is 10.3 Å². The molecular formula is C18H17Cl2FN2O3. The van der Waals surface area contributed by atoms with Gasteiger partial charge >= 0.3 is 0 Å². The van der Waals surface area contributed by atoms with E-state index >= 15 is 4.39 Å². The third-order valence-electron chi connectivity index (χ3n) is 4.65. The van der Waals surface area contributed by atoms with Gasteiger partial charge in [0.05, 0.1) is 22.3 Å². The Morgan fingerprint density at radius 1 is 1.27 bits per heavy atom. The first-order valence-electron chi connectivity index (χ1n) is 8.01. The maximum Gasteiger partial charge on any atom is 0.262 e. The van der Waals surface area contributed by atoms with Crippen LogP contribution in [-0.2, 0) is 22.6 Å². The van der Waals surface area contributed by atoms with Gasteiger partial charge in [0.25, 0.3) is 5.91 Å². The van der Waals surface area contributed by atoms with Crippen molar-refractivity contribution in [2.75, 3.05) is 6.61 Å². The minimum Gasteiger partial charge on any atom is -0.393 e. The number of aliphatic hydroxyl groups is 2. The standard InChI is InChI=1S/C18H17Cl2FN2O3/c19-13-5-1-3-11(14(13)20)9-23-16(25)18(21)7-6-17(26,10-24)15-12(18)4-2-8-22-15/h1-5,8,24,26H,6-7,9-10H2,(H,23,25). The normalized spacial score (nSPS) is 24.8. The van der Waals surface area contributed by atoms with E-state index in [0.717, 1.165) is 0 Å². The highest BCUT2D eigenvalue weighted by Gasteiger charge is 2.51. The summed E-state index contributed by atoms with van der Waals surface area (Å²) in [5, 5.41) is 23.1. The van der Waals surface area contributed by atoms with Crippen LogP contribution in [0.4, 0.5) is 4.39 Å². The van der Waals surface area contributed by atoms with Gasteiger partial charge in [0.1, 0.15) is 5.60 Å². The van der Waals surface area contributed by atoms with E-state index in [1.165, 1.54) is 18.3 Å². The second kappa shape index (κ2) is 7.12. The van der Waals surface area contributed by atoms with Gasteiger partial charge in [-0.3, -0.25) is 9.78 Å². The first kappa shape index (κ1) is 19.0.